The largest absolute Gasteiger partial charge is 0.493 e. The number of aryl methyl sites for hydroxylation is 1. The molecule has 220 valence electrons. The molecule has 5 rings (SSSR count). The van der Waals surface area contributed by atoms with Crippen molar-refractivity contribution in [1.82, 2.24) is 14.9 Å². The maximum absolute atomic E-state index is 13.9. The van der Waals surface area contributed by atoms with Gasteiger partial charge in [0.1, 0.15) is 5.82 Å². The number of carbonyl (C=O) groups is 1. The minimum Gasteiger partial charge on any atom is -0.493 e. The van der Waals surface area contributed by atoms with E-state index in [-0.39, 0.29) is 16.7 Å². The second-order valence-corrected chi connectivity index (χ2v) is 12.5. The minimum absolute atomic E-state index is 0.0831. The van der Waals surface area contributed by atoms with Crippen LogP contribution in [0.3, 0.4) is 0 Å². The van der Waals surface area contributed by atoms with Gasteiger partial charge in [-0.15, -0.1) is 0 Å². The van der Waals surface area contributed by atoms with Gasteiger partial charge in [-0.3, -0.25) is 14.2 Å². The number of amides is 1. The number of hydrogen-bond acceptors (Lipinski definition) is 7. The summed E-state index contributed by atoms with van der Waals surface area (Å²) in [5.41, 5.74) is 1.82. The normalized spacial score (nSPS) is 13.7. The van der Waals surface area contributed by atoms with Gasteiger partial charge in [0, 0.05) is 19.0 Å². The van der Waals surface area contributed by atoms with Crippen LogP contribution in [0.4, 0.5) is 0 Å². The smallest absolute Gasteiger partial charge is 0.296 e. The van der Waals surface area contributed by atoms with Crippen LogP contribution in [0.5, 0.6) is 5.88 Å². The van der Waals surface area contributed by atoms with Crippen molar-refractivity contribution in [2.75, 3.05) is 7.05 Å². The molecule has 1 aliphatic carbocycles. The van der Waals surface area contributed by atoms with Gasteiger partial charge in [0.2, 0.25) is 15.7 Å². The van der Waals surface area contributed by atoms with E-state index in [4.69, 9.17) is 0 Å². The molecule has 43 heavy (non-hydrogen) atoms. The number of nitriles is 1. The number of sulfone groups is 1. The number of benzene rings is 3. The SMILES string of the molecule is CCCCc1nc(=O)c(S(=O)(=O)c2ccc(-c3ccccc3C(=O)NC)cc2)c(O)n1C(c1cccc(C#N)c1)C1CC1. The Labute approximate surface area is 250 Å². The number of nitrogens with one attached hydrogen (secondary N) is 1. The summed E-state index contributed by atoms with van der Waals surface area (Å²) in [4.78, 5) is 29.0. The molecule has 0 spiro atoms. The zero-order chi connectivity index (χ0) is 30.7. The van der Waals surface area contributed by atoms with Crippen molar-refractivity contribution in [3.05, 3.63) is 106 Å². The van der Waals surface area contributed by atoms with Crippen molar-refractivity contribution in [2.45, 2.75) is 54.9 Å². The lowest BCUT2D eigenvalue weighted by Gasteiger charge is -2.26. The van der Waals surface area contributed by atoms with Crippen molar-refractivity contribution < 1.29 is 18.3 Å². The average molecular weight is 597 g/mol. The molecule has 1 atom stereocenters. The number of aromatic hydroxyl groups is 1. The second kappa shape index (κ2) is 12.2. The molecule has 0 bridgehead atoms. The van der Waals surface area contributed by atoms with Crippen molar-refractivity contribution in [2.24, 2.45) is 5.92 Å². The molecule has 0 radical (unpaired) electrons. The van der Waals surface area contributed by atoms with Gasteiger partial charge < -0.3 is 10.4 Å². The van der Waals surface area contributed by atoms with Gasteiger partial charge in [-0.1, -0.05) is 55.8 Å². The van der Waals surface area contributed by atoms with Crippen molar-refractivity contribution in [3.63, 3.8) is 0 Å². The summed E-state index contributed by atoms with van der Waals surface area (Å²) in [6.45, 7) is 1.99. The maximum atomic E-state index is 13.9. The molecule has 3 aromatic carbocycles. The van der Waals surface area contributed by atoms with Crippen LogP contribution in [0, 0.1) is 17.2 Å². The standard InChI is InChI=1S/C33H32N4O5S/c1-3-4-12-28-36-32(39)30(33(40)37(28)29(23-13-14-23)24-9-7-8-21(19-24)20-34)43(41,42)25-17-15-22(16-18-25)26-10-5-6-11-27(26)31(38)35-2/h5-11,15-19,23,29,40H,3-4,12-14H2,1-2H3,(H,35,38). The molecule has 10 heteroatoms. The van der Waals surface area contributed by atoms with Crippen molar-refractivity contribution in [1.29, 1.82) is 5.26 Å². The molecular formula is C33H32N4O5S. The Balaban J connectivity index is 1.64. The highest BCUT2D eigenvalue weighted by Crippen LogP contribution is 2.46. The van der Waals surface area contributed by atoms with E-state index in [0.717, 1.165) is 24.8 Å². The highest BCUT2D eigenvalue weighted by atomic mass is 32.2. The van der Waals surface area contributed by atoms with E-state index < -0.39 is 32.2 Å². The predicted octanol–water partition coefficient (Wildman–Crippen LogP) is 5.02. The van der Waals surface area contributed by atoms with E-state index in [9.17, 15) is 28.4 Å². The highest BCUT2D eigenvalue weighted by molar-refractivity contribution is 7.91. The third-order valence-corrected chi connectivity index (χ3v) is 9.52. The molecule has 2 N–H and O–H groups in total. The molecular weight excluding hydrogens is 564 g/mol. The fraction of sp³-hybridized carbons (Fsp3) is 0.273. The third-order valence-electron chi connectivity index (χ3n) is 7.74. The summed E-state index contributed by atoms with van der Waals surface area (Å²) in [6, 6.07) is 21.4. The molecule has 1 fully saturated rings. The number of aromatic nitrogens is 2. The lowest BCUT2D eigenvalue weighted by Crippen LogP contribution is -2.28. The van der Waals surface area contributed by atoms with E-state index in [2.05, 4.69) is 16.4 Å². The van der Waals surface area contributed by atoms with E-state index in [1.807, 2.05) is 13.0 Å². The number of unbranched alkanes of at least 4 members (excludes halogenated alkanes) is 1. The first kappa shape index (κ1) is 29.7. The van der Waals surface area contributed by atoms with Crippen LogP contribution in [0.15, 0.2) is 87.4 Å². The minimum atomic E-state index is -4.50. The Morgan fingerprint density at radius 3 is 2.49 bits per heavy atom. The second-order valence-electron chi connectivity index (χ2n) is 10.6. The predicted molar refractivity (Wildman–Crippen MR) is 162 cm³/mol. The summed E-state index contributed by atoms with van der Waals surface area (Å²) in [5, 5.41) is 23.8. The molecule has 1 amide bonds. The van der Waals surface area contributed by atoms with Crippen LogP contribution in [0.1, 0.15) is 66.0 Å². The number of hydrogen-bond donors (Lipinski definition) is 2. The Morgan fingerprint density at radius 1 is 1.12 bits per heavy atom. The molecule has 1 saturated carbocycles. The summed E-state index contributed by atoms with van der Waals surface area (Å²) in [7, 11) is -2.97. The number of nitrogens with zero attached hydrogens (tertiary/aromatic N) is 3. The topological polar surface area (TPSA) is 142 Å². The van der Waals surface area contributed by atoms with E-state index in [1.54, 1.807) is 54.6 Å². The van der Waals surface area contributed by atoms with Crippen molar-refractivity contribution in [3.8, 4) is 23.1 Å². The average Bonchev–Trinajstić information content (AvgIpc) is 3.86. The number of rotatable bonds is 10. The molecule has 4 aromatic rings. The van der Waals surface area contributed by atoms with Gasteiger partial charge in [0.25, 0.3) is 11.5 Å². The summed E-state index contributed by atoms with van der Waals surface area (Å²) >= 11 is 0. The zero-order valence-electron chi connectivity index (χ0n) is 23.9. The summed E-state index contributed by atoms with van der Waals surface area (Å²) in [6.07, 6.45) is 3.57. The fourth-order valence-corrected chi connectivity index (χ4v) is 6.77. The molecule has 1 heterocycles. The van der Waals surface area contributed by atoms with Crippen molar-refractivity contribution >= 4 is 15.7 Å². The fourth-order valence-electron chi connectivity index (χ4n) is 5.42. The van der Waals surface area contributed by atoms with Crippen LogP contribution < -0.4 is 10.9 Å². The molecule has 0 saturated heterocycles. The van der Waals surface area contributed by atoms with Gasteiger partial charge in [-0.05, 0) is 72.2 Å². The van der Waals surface area contributed by atoms with Gasteiger partial charge in [-0.2, -0.15) is 10.2 Å². The number of carbonyl (C=O) groups excluding carboxylic acids is 1. The lowest BCUT2D eigenvalue weighted by molar-refractivity contribution is 0.0963. The van der Waals surface area contributed by atoms with Gasteiger partial charge in [0.15, 0.2) is 4.90 Å². The quantitative estimate of drug-likeness (QED) is 0.262. The lowest BCUT2D eigenvalue weighted by atomic mass is 9.99. The van der Waals surface area contributed by atoms with Gasteiger partial charge >= 0.3 is 0 Å². The molecule has 1 aromatic heterocycles. The molecule has 9 nitrogen and oxygen atoms in total. The van der Waals surface area contributed by atoms with E-state index >= 15 is 0 Å². The summed E-state index contributed by atoms with van der Waals surface area (Å²) < 4.78 is 29.4. The van der Waals surface area contributed by atoms with Gasteiger partial charge in [0.05, 0.1) is 22.6 Å². The Kier molecular flexibility index (Phi) is 8.46. The van der Waals surface area contributed by atoms with Crippen LogP contribution in [0.25, 0.3) is 11.1 Å². The van der Waals surface area contributed by atoms with Gasteiger partial charge in [-0.25, -0.2) is 8.42 Å². The third kappa shape index (κ3) is 5.81. The Morgan fingerprint density at radius 2 is 1.84 bits per heavy atom. The summed E-state index contributed by atoms with van der Waals surface area (Å²) in [5.74, 6) is -0.541. The Bertz CT molecular complexity index is 1890. The molecule has 1 aliphatic rings. The van der Waals surface area contributed by atoms with Crippen LogP contribution in [0.2, 0.25) is 0 Å². The first-order valence-electron chi connectivity index (χ1n) is 14.2. The first-order chi connectivity index (χ1) is 20.7. The maximum Gasteiger partial charge on any atom is 0.296 e. The van der Waals surface area contributed by atoms with Crippen LogP contribution in [-0.4, -0.2) is 36.0 Å². The zero-order valence-corrected chi connectivity index (χ0v) is 24.8. The molecule has 0 aliphatic heterocycles. The monoisotopic (exact) mass is 596 g/mol. The molecule has 1 unspecified atom stereocenters. The Hall–Kier alpha value is -4.75. The first-order valence-corrected chi connectivity index (χ1v) is 15.7. The highest BCUT2D eigenvalue weighted by Gasteiger charge is 2.39. The van der Waals surface area contributed by atoms with Crippen LogP contribution >= 0.6 is 0 Å². The van der Waals surface area contributed by atoms with Crippen LogP contribution in [-0.2, 0) is 16.3 Å². The van der Waals surface area contributed by atoms with E-state index in [0.29, 0.717) is 40.9 Å². The van der Waals surface area contributed by atoms with E-state index in [1.165, 1.54) is 23.7 Å².